The van der Waals surface area contributed by atoms with E-state index in [-0.39, 0.29) is 11.7 Å². The molecule has 1 aromatic carbocycles. The topological polar surface area (TPSA) is 73.1 Å². The molecule has 1 aliphatic heterocycles. The van der Waals surface area contributed by atoms with Crippen molar-refractivity contribution in [2.24, 2.45) is 0 Å². The van der Waals surface area contributed by atoms with Crippen molar-refractivity contribution in [2.45, 2.75) is 5.16 Å². The zero-order valence-electron chi connectivity index (χ0n) is 15.0. The van der Waals surface area contributed by atoms with Crippen LogP contribution in [0.2, 0.25) is 5.02 Å². The van der Waals surface area contributed by atoms with Crippen molar-refractivity contribution < 1.29 is 9.53 Å². The number of benzene rings is 1. The van der Waals surface area contributed by atoms with Crippen LogP contribution >= 0.6 is 23.4 Å². The van der Waals surface area contributed by atoms with Crippen molar-refractivity contribution in [2.75, 3.05) is 32.1 Å². The largest absolute Gasteiger partial charge is 0.378 e. The van der Waals surface area contributed by atoms with E-state index >= 15 is 0 Å². The van der Waals surface area contributed by atoms with Gasteiger partial charge in [0, 0.05) is 36.1 Å². The Hall–Kier alpha value is -2.42. The number of morpholine rings is 1. The van der Waals surface area contributed by atoms with Crippen molar-refractivity contribution in [3.63, 3.8) is 0 Å². The van der Waals surface area contributed by atoms with Gasteiger partial charge in [-0.3, -0.25) is 14.3 Å². The van der Waals surface area contributed by atoms with Gasteiger partial charge in [0.25, 0.3) is 0 Å². The molecule has 1 aliphatic rings. The number of carbonyl (C=O) groups excluding carboxylic acids is 1. The van der Waals surface area contributed by atoms with Crippen LogP contribution in [0.4, 0.5) is 0 Å². The van der Waals surface area contributed by atoms with E-state index in [0.29, 0.717) is 42.3 Å². The van der Waals surface area contributed by atoms with Crippen LogP contribution in [0.1, 0.15) is 0 Å². The molecule has 0 spiro atoms. The monoisotopic (exact) mass is 415 g/mol. The van der Waals surface area contributed by atoms with Crippen molar-refractivity contribution in [3.05, 3.63) is 53.8 Å². The summed E-state index contributed by atoms with van der Waals surface area (Å²) in [6.45, 7) is 2.42. The number of nitrogens with zero attached hydrogens (tertiary/aromatic N) is 5. The van der Waals surface area contributed by atoms with E-state index in [9.17, 15) is 4.79 Å². The number of thioether (sulfide) groups is 1. The van der Waals surface area contributed by atoms with Crippen LogP contribution in [0, 0.1) is 0 Å². The van der Waals surface area contributed by atoms with E-state index in [1.165, 1.54) is 11.8 Å². The van der Waals surface area contributed by atoms with Crippen LogP contribution in [0.25, 0.3) is 17.1 Å². The van der Waals surface area contributed by atoms with Crippen LogP contribution in [0.5, 0.6) is 0 Å². The minimum Gasteiger partial charge on any atom is -0.378 e. The Morgan fingerprint density at radius 2 is 2.04 bits per heavy atom. The fourth-order valence-electron chi connectivity index (χ4n) is 2.92. The Morgan fingerprint density at radius 3 is 2.79 bits per heavy atom. The number of pyridine rings is 1. The lowest BCUT2D eigenvalue weighted by Crippen LogP contribution is -2.41. The second-order valence-corrected chi connectivity index (χ2v) is 7.52. The third-order valence-electron chi connectivity index (χ3n) is 4.31. The van der Waals surface area contributed by atoms with Crippen LogP contribution in [0.3, 0.4) is 0 Å². The molecule has 9 heteroatoms. The number of hydrogen-bond acceptors (Lipinski definition) is 6. The van der Waals surface area contributed by atoms with Gasteiger partial charge in [-0.05, 0) is 30.3 Å². The van der Waals surface area contributed by atoms with E-state index in [1.54, 1.807) is 12.4 Å². The first-order chi connectivity index (χ1) is 13.7. The maximum atomic E-state index is 12.5. The fourth-order valence-corrected chi connectivity index (χ4v) is 3.96. The standard InChI is InChI=1S/C19H18ClN5O2S/c20-15-4-1-5-16(11-15)25-18(14-3-2-6-21-12-14)22-23-19(25)28-13-17(26)24-7-9-27-10-8-24/h1-6,11-12H,7-10,13H2. The molecule has 28 heavy (non-hydrogen) atoms. The maximum absolute atomic E-state index is 12.5. The smallest absolute Gasteiger partial charge is 0.233 e. The van der Waals surface area contributed by atoms with Crippen molar-refractivity contribution in [1.82, 2.24) is 24.6 Å². The molecule has 1 saturated heterocycles. The molecule has 0 aliphatic carbocycles. The number of halogens is 1. The predicted molar refractivity (Wildman–Crippen MR) is 108 cm³/mol. The van der Waals surface area contributed by atoms with Gasteiger partial charge in [0.15, 0.2) is 11.0 Å². The average Bonchev–Trinajstić information content (AvgIpc) is 3.17. The van der Waals surface area contributed by atoms with Crippen molar-refractivity contribution >= 4 is 29.3 Å². The van der Waals surface area contributed by atoms with E-state index < -0.39 is 0 Å². The molecule has 0 saturated carbocycles. The van der Waals surface area contributed by atoms with Gasteiger partial charge in [-0.2, -0.15) is 0 Å². The van der Waals surface area contributed by atoms with Crippen LogP contribution in [-0.2, 0) is 9.53 Å². The first-order valence-electron chi connectivity index (χ1n) is 8.82. The third-order valence-corrected chi connectivity index (χ3v) is 5.46. The van der Waals surface area contributed by atoms with E-state index in [0.717, 1.165) is 11.3 Å². The number of rotatable bonds is 5. The Labute approximate surface area is 171 Å². The SMILES string of the molecule is O=C(CSc1nnc(-c2cccnc2)n1-c1cccc(Cl)c1)N1CCOCC1. The highest BCUT2D eigenvalue weighted by Crippen LogP contribution is 2.28. The molecule has 4 rings (SSSR count). The van der Waals surface area contributed by atoms with Gasteiger partial charge in [-0.15, -0.1) is 10.2 Å². The van der Waals surface area contributed by atoms with E-state index in [2.05, 4.69) is 15.2 Å². The molecule has 2 aromatic heterocycles. The highest BCUT2D eigenvalue weighted by atomic mass is 35.5. The Morgan fingerprint density at radius 1 is 1.18 bits per heavy atom. The summed E-state index contributed by atoms with van der Waals surface area (Å²) in [6.07, 6.45) is 3.44. The number of amides is 1. The molecule has 7 nitrogen and oxygen atoms in total. The highest BCUT2D eigenvalue weighted by Gasteiger charge is 2.21. The van der Waals surface area contributed by atoms with Gasteiger partial charge in [-0.25, -0.2) is 0 Å². The lowest BCUT2D eigenvalue weighted by molar-refractivity contribution is -0.132. The minimum atomic E-state index is 0.0665. The van der Waals surface area contributed by atoms with Gasteiger partial charge in [0.2, 0.25) is 5.91 Å². The summed E-state index contributed by atoms with van der Waals surface area (Å²) in [4.78, 5) is 18.5. The summed E-state index contributed by atoms with van der Waals surface area (Å²) < 4.78 is 7.21. The Kier molecular flexibility index (Phi) is 5.90. The third kappa shape index (κ3) is 4.19. The average molecular weight is 416 g/mol. The van der Waals surface area contributed by atoms with Crippen molar-refractivity contribution in [3.8, 4) is 17.1 Å². The first kappa shape index (κ1) is 18.9. The predicted octanol–water partition coefficient (Wildman–Crippen LogP) is 2.93. The van der Waals surface area contributed by atoms with Gasteiger partial charge in [0.05, 0.1) is 24.7 Å². The van der Waals surface area contributed by atoms with E-state index in [1.807, 2.05) is 45.9 Å². The lowest BCUT2D eigenvalue weighted by atomic mass is 10.2. The van der Waals surface area contributed by atoms with Gasteiger partial charge in [-0.1, -0.05) is 29.4 Å². The molecule has 0 atom stereocenters. The molecular formula is C19H18ClN5O2S. The molecular weight excluding hydrogens is 398 g/mol. The summed E-state index contributed by atoms with van der Waals surface area (Å²) in [7, 11) is 0. The molecule has 0 unspecified atom stereocenters. The van der Waals surface area contributed by atoms with Crippen LogP contribution in [0.15, 0.2) is 53.9 Å². The molecule has 0 radical (unpaired) electrons. The van der Waals surface area contributed by atoms with Crippen LogP contribution in [-0.4, -0.2) is 62.6 Å². The molecule has 3 heterocycles. The lowest BCUT2D eigenvalue weighted by Gasteiger charge is -2.26. The Balaban J connectivity index is 1.63. The van der Waals surface area contributed by atoms with E-state index in [4.69, 9.17) is 16.3 Å². The Bertz CT molecular complexity index is 960. The molecule has 3 aromatic rings. The second-order valence-electron chi connectivity index (χ2n) is 6.14. The fraction of sp³-hybridized carbons (Fsp3) is 0.263. The summed E-state index contributed by atoms with van der Waals surface area (Å²) in [5.41, 5.74) is 1.67. The first-order valence-corrected chi connectivity index (χ1v) is 10.2. The molecule has 0 bridgehead atoms. The van der Waals surface area contributed by atoms with Gasteiger partial charge in [0.1, 0.15) is 0 Å². The molecule has 1 amide bonds. The summed E-state index contributed by atoms with van der Waals surface area (Å²) >= 11 is 7.55. The number of ether oxygens (including phenoxy) is 1. The zero-order chi connectivity index (χ0) is 19.3. The number of hydrogen-bond donors (Lipinski definition) is 0. The van der Waals surface area contributed by atoms with Crippen LogP contribution < -0.4 is 0 Å². The normalized spacial score (nSPS) is 14.2. The zero-order valence-corrected chi connectivity index (χ0v) is 16.6. The quantitative estimate of drug-likeness (QED) is 0.596. The van der Waals surface area contributed by atoms with Gasteiger partial charge < -0.3 is 9.64 Å². The van der Waals surface area contributed by atoms with Crippen molar-refractivity contribution in [1.29, 1.82) is 0 Å². The number of carbonyl (C=O) groups is 1. The molecule has 0 N–H and O–H groups in total. The highest BCUT2D eigenvalue weighted by molar-refractivity contribution is 7.99. The van der Waals surface area contributed by atoms with Gasteiger partial charge >= 0.3 is 0 Å². The number of aromatic nitrogens is 4. The maximum Gasteiger partial charge on any atom is 0.233 e. The summed E-state index contributed by atoms with van der Waals surface area (Å²) in [5.74, 6) is 1.000. The molecule has 1 fully saturated rings. The summed E-state index contributed by atoms with van der Waals surface area (Å²) in [5, 5.41) is 9.91. The summed E-state index contributed by atoms with van der Waals surface area (Å²) in [6, 6.07) is 11.2. The second kappa shape index (κ2) is 8.72. The molecule has 144 valence electrons. The minimum absolute atomic E-state index is 0.0665.